The molecule has 2 N–H and O–H groups in total. The first-order valence-corrected chi connectivity index (χ1v) is 13.2. The molecule has 2 amide bonds. The number of fused-ring (bicyclic) bond motifs is 1. The molecule has 1 heterocycles. The molecule has 6 heteroatoms. The van der Waals surface area contributed by atoms with E-state index in [-0.39, 0.29) is 17.2 Å². The number of benzene rings is 2. The number of aryl methyl sites for hydroxylation is 2. The van der Waals surface area contributed by atoms with Gasteiger partial charge in [0, 0.05) is 20.6 Å². The number of hydrogen-bond donors (Lipinski definition) is 2. The third-order valence-electron chi connectivity index (χ3n) is 6.82. The minimum Gasteiger partial charge on any atom is -0.322 e. The lowest BCUT2D eigenvalue weighted by molar-refractivity contribution is 0.102. The van der Waals surface area contributed by atoms with Crippen molar-refractivity contribution in [2.45, 2.75) is 53.9 Å². The number of carbonyl (C=O) groups is 2. The van der Waals surface area contributed by atoms with E-state index in [1.54, 1.807) is 23.5 Å². The zero-order valence-corrected chi connectivity index (χ0v) is 22.7. The fourth-order valence-electron chi connectivity index (χ4n) is 4.44. The Labute approximate surface area is 214 Å². The molecular formula is C28H31BrN2O2S. The number of anilines is 2. The van der Waals surface area contributed by atoms with Gasteiger partial charge in [0.2, 0.25) is 0 Å². The predicted molar refractivity (Wildman–Crippen MR) is 145 cm³/mol. The van der Waals surface area contributed by atoms with Crippen LogP contribution in [0, 0.1) is 25.2 Å². The van der Waals surface area contributed by atoms with Gasteiger partial charge in [-0.2, -0.15) is 0 Å². The van der Waals surface area contributed by atoms with E-state index in [1.165, 1.54) is 10.4 Å². The van der Waals surface area contributed by atoms with Crippen LogP contribution >= 0.6 is 27.3 Å². The molecule has 0 bridgehead atoms. The lowest BCUT2D eigenvalue weighted by Crippen LogP contribution is -2.27. The normalized spacial score (nSPS) is 15.5. The average Bonchev–Trinajstić information content (AvgIpc) is 3.13. The van der Waals surface area contributed by atoms with Crippen molar-refractivity contribution in [2.24, 2.45) is 11.3 Å². The highest BCUT2D eigenvalue weighted by molar-refractivity contribution is 9.10. The van der Waals surface area contributed by atoms with Crippen LogP contribution in [0.5, 0.6) is 0 Å². The Morgan fingerprint density at radius 1 is 0.971 bits per heavy atom. The Balaban J connectivity index is 1.68. The van der Waals surface area contributed by atoms with E-state index in [0.29, 0.717) is 22.0 Å². The van der Waals surface area contributed by atoms with Crippen molar-refractivity contribution < 1.29 is 9.59 Å². The largest absolute Gasteiger partial charge is 0.322 e. The summed E-state index contributed by atoms with van der Waals surface area (Å²) in [6.45, 7) is 10.9. The van der Waals surface area contributed by atoms with Gasteiger partial charge in [-0.15, -0.1) is 11.3 Å². The minimum absolute atomic E-state index is 0.166. The summed E-state index contributed by atoms with van der Waals surface area (Å²) in [7, 11) is 0. The molecule has 1 aliphatic carbocycles. The number of rotatable bonds is 4. The van der Waals surface area contributed by atoms with E-state index in [0.717, 1.165) is 40.5 Å². The second kappa shape index (κ2) is 9.67. The van der Waals surface area contributed by atoms with Crippen LogP contribution in [-0.4, -0.2) is 11.8 Å². The topological polar surface area (TPSA) is 58.2 Å². The first-order valence-electron chi connectivity index (χ1n) is 11.6. The van der Waals surface area contributed by atoms with Crippen LogP contribution in [0.15, 0.2) is 46.9 Å². The summed E-state index contributed by atoms with van der Waals surface area (Å²) in [5, 5.41) is 6.76. The Bertz CT molecular complexity index is 1240. The summed E-state index contributed by atoms with van der Waals surface area (Å²) in [5.41, 5.74) is 5.52. The first kappa shape index (κ1) is 24.7. The molecule has 1 aliphatic rings. The van der Waals surface area contributed by atoms with Crippen LogP contribution in [0.4, 0.5) is 10.7 Å². The van der Waals surface area contributed by atoms with Gasteiger partial charge in [0.25, 0.3) is 11.8 Å². The highest BCUT2D eigenvalue weighted by Crippen LogP contribution is 2.44. The average molecular weight is 540 g/mol. The zero-order valence-electron chi connectivity index (χ0n) is 20.3. The standard InChI is InChI=1S/C28H31BrN2O2S/c1-16-6-12-21(14-17(16)2)30-26(33)24-22-13-9-19(28(3,4)5)15-23(22)34-27(24)31-25(32)18-7-10-20(29)11-8-18/h6-8,10-12,14,19H,9,13,15H2,1-5H3,(H,30,33)(H,31,32). The highest BCUT2D eigenvalue weighted by Gasteiger charge is 2.34. The summed E-state index contributed by atoms with van der Waals surface area (Å²) in [6.07, 6.45) is 2.82. The van der Waals surface area contributed by atoms with Gasteiger partial charge in [-0.05, 0) is 97.5 Å². The highest BCUT2D eigenvalue weighted by atomic mass is 79.9. The van der Waals surface area contributed by atoms with E-state index in [2.05, 4.69) is 54.3 Å². The van der Waals surface area contributed by atoms with Gasteiger partial charge in [0.05, 0.1) is 5.56 Å². The molecule has 34 heavy (non-hydrogen) atoms. The summed E-state index contributed by atoms with van der Waals surface area (Å²) in [5.74, 6) is 0.170. The van der Waals surface area contributed by atoms with Gasteiger partial charge in [0.1, 0.15) is 5.00 Å². The Kier molecular flexibility index (Phi) is 7.02. The van der Waals surface area contributed by atoms with Crippen LogP contribution < -0.4 is 10.6 Å². The Morgan fingerprint density at radius 2 is 1.68 bits per heavy atom. The molecule has 1 atom stereocenters. The van der Waals surface area contributed by atoms with Crippen molar-refractivity contribution in [1.29, 1.82) is 0 Å². The summed E-state index contributed by atoms with van der Waals surface area (Å²) in [6, 6.07) is 13.2. The lowest BCUT2D eigenvalue weighted by Gasteiger charge is -2.33. The summed E-state index contributed by atoms with van der Waals surface area (Å²) >= 11 is 4.96. The van der Waals surface area contributed by atoms with E-state index in [1.807, 2.05) is 37.3 Å². The molecule has 178 valence electrons. The van der Waals surface area contributed by atoms with Crippen molar-refractivity contribution >= 4 is 49.8 Å². The monoisotopic (exact) mass is 538 g/mol. The summed E-state index contributed by atoms with van der Waals surface area (Å²) < 4.78 is 0.914. The molecular weight excluding hydrogens is 508 g/mol. The third kappa shape index (κ3) is 5.28. The van der Waals surface area contributed by atoms with Gasteiger partial charge in [0.15, 0.2) is 0 Å². The molecule has 0 saturated carbocycles. The van der Waals surface area contributed by atoms with Gasteiger partial charge < -0.3 is 10.6 Å². The van der Waals surface area contributed by atoms with E-state index in [4.69, 9.17) is 0 Å². The number of halogens is 1. The molecule has 1 unspecified atom stereocenters. The maximum absolute atomic E-state index is 13.5. The molecule has 4 rings (SSSR count). The number of thiophene rings is 1. The van der Waals surface area contributed by atoms with Gasteiger partial charge in [-0.25, -0.2) is 0 Å². The van der Waals surface area contributed by atoms with Crippen LogP contribution in [0.3, 0.4) is 0 Å². The van der Waals surface area contributed by atoms with Crippen molar-refractivity contribution in [3.05, 3.63) is 79.6 Å². The summed E-state index contributed by atoms with van der Waals surface area (Å²) in [4.78, 5) is 27.8. The quantitative estimate of drug-likeness (QED) is 0.356. The van der Waals surface area contributed by atoms with Crippen molar-refractivity contribution in [3.8, 4) is 0 Å². The molecule has 0 fully saturated rings. The van der Waals surface area contributed by atoms with Crippen molar-refractivity contribution in [3.63, 3.8) is 0 Å². The molecule has 0 saturated heterocycles. The van der Waals surface area contributed by atoms with Crippen LogP contribution in [0.25, 0.3) is 0 Å². The molecule has 4 nitrogen and oxygen atoms in total. The van der Waals surface area contributed by atoms with Gasteiger partial charge in [-0.3, -0.25) is 9.59 Å². The maximum Gasteiger partial charge on any atom is 0.258 e. The first-order chi connectivity index (χ1) is 16.0. The minimum atomic E-state index is -0.210. The Hall–Kier alpha value is -2.44. The van der Waals surface area contributed by atoms with Crippen LogP contribution in [0.1, 0.15) is 69.5 Å². The van der Waals surface area contributed by atoms with Crippen molar-refractivity contribution in [2.75, 3.05) is 10.6 Å². The zero-order chi connectivity index (χ0) is 24.6. The smallest absolute Gasteiger partial charge is 0.258 e. The molecule has 0 aliphatic heterocycles. The molecule has 3 aromatic rings. The van der Waals surface area contributed by atoms with Crippen LogP contribution in [-0.2, 0) is 12.8 Å². The molecule has 0 spiro atoms. The second-order valence-corrected chi connectivity index (χ2v) is 12.2. The fraction of sp³-hybridized carbons (Fsp3) is 0.357. The van der Waals surface area contributed by atoms with E-state index >= 15 is 0 Å². The lowest BCUT2D eigenvalue weighted by atomic mass is 9.72. The van der Waals surface area contributed by atoms with E-state index < -0.39 is 0 Å². The number of amides is 2. The SMILES string of the molecule is Cc1ccc(NC(=O)c2c(NC(=O)c3ccc(Br)cc3)sc3c2CCC(C(C)(C)C)C3)cc1C. The third-order valence-corrected chi connectivity index (χ3v) is 8.51. The number of hydrogen-bond acceptors (Lipinski definition) is 3. The van der Waals surface area contributed by atoms with Crippen molar-refractivity contribution in [1.82, 2.24) is 0 Å². The van der Waals surface area contributed by atoms with E-state index in [9.17, 15) is 9.59 Å². The fourth-order valence-corrected chi connectivity index (χ4v) is 6.03. The Morgan fingerprint density at radius 3 is 2.32 bits per heavy atom. The maximum atomic E-state index is 13.5. The number of nitrogens with one attached hydrogen (secondary N) is 2. The number of carbonyl (C=O) groups excluding carboxylic acids is 2. The van der Waals surface area contributed by atoms with Crippen LogP contribution in [0.2, 0.25) is 0 Å². The van der Waals surface area contributed by atoms with Gasteiger partial charge in [-0.1, -0.05) is 42.8 Å². The molecule has 1 aromatic heterocycles. The second-order valence-electron chi connectivity index (χ2n) is 10.2. The molecule has 2 aromatic carbocycles. The predicted octanol–water partition coefficient (Wildman–Crippen LogP) is 7.78. The molecule has 0 radical (unpaired) electrons. The van der Waals surface area contributed by atoms with Gasteiger partial charge >= 0.3 is 0 Å².